The van der Waals surface area contributed by atoms with Gasteiger partial charge < -0.3 is 5.11 Å². The SMILES string of the molecule is Cc1cc(O)c(-c2nsc3ccc(-n4c(=O)cc(C(F)(F)F)n(C)c4=O)cc23)cc1I. The fourth-order valence-electron chi connectivity index (χ4n) is 3.25. The van der Waals surface area contributed by atoms with Crippen LogP contribution in [0.2, 0.25) is 0 Å². The number of aromatic hydroxyl groups is 1. The van der Waals surface area contributed by atoms with Crippen molar-refractivity contribution in [1.29, 1.82) is 0 Å². The Hall–Kier alpha value is -2.67. The zero-order valence-corrected chi connectivity index (χ0v) is 19.0. The highest BCUT2D eigenvalue weighted by Crippen LogP contribution is 2.38. The Morgan fingerprint density at radius 1 is 1.13 bits per heavy atom. The number of benzene rings is 2. The van der Waals surface area contributed by atoms with Crippen LogP contribution in [0.1, 0.15) is 11.3 Å². The lowest BCUT2D eigenvalue weighted by Gasteiger charge is -2.14. The van der Waals surface area contributed by atoms with Crippen molar-refractivity contribution in [2.75, 3.05) is 0 Å². The maximum absolute atomic E-state index is 13.1. The molecule has 0 spiro atoms. The van der Waals surface area contributed by atoms with Gasteiger partial charge in [-0.05, 0) is 76.9 Å². The van der Waals surface area contributed by atoms with Gasteiger partial charge in [0.1, 0.15) is 11.4 Å². The van der Waals surface area contributed by atoms with Gasteiger partial charge in [-0.25, -0.2) is 9.36 Å². The van der Waals surface area contributed by atoms with Gasteiger partial charge in [0.2, 0.25) is 0 Å². The van der Waals surface area contributed by atoms with E-state index >= 15 is 0 Å². The zero-order chi connectivity index (χ0) is 22.7. The number of nitrogens with zero attached hydrogens (tertiary/aromatic N) is 3. The molecule has 0 aliphatic heterocycles. The summed E-state index contributed by atoms with van der Waals surface area (Å²) in [6.45, 7) is 1.86. The molecule has 6 nitrogen and oxygen atoms in total. The largest absolute Gasteiger partial charge is 0.507 e. The number of aryl methyl sites for hydroxylation is 1. The van der Waals surface area contributed by atoms with Crippen molar-refractivity contribution in [2.45, 2.75) is 13.1 Å². The first-order valence-corrected chi connectivity index (χ1v) is 10.6. The van der Waals surface area contributed by atoms with E-state index in [4.69, 9.17) is 0 Å². The molecule has 0 saturated heterocycles. The van der Waals surface area contributed by atoms with Crippen LogP contribution in [0.15, 0.2) is 46.0 Å². The lowest BCUT2D eigenvalue weighted by Crippen LogP contribution is -2.40. The highest BCUT2D eigenvalue weighted by molar-refractivity contribution is 14.1. The molecule has 0 atom stereocenters. The number of rotatable bonds is 2. The van der Waals surface area contributed by atoms with Crippen LogP contribution in [0, 0.1) is 10.5 Å². The third-order valence-electron chi connectivity index (χ3n) is 4.85. The lowest BCUT2D eigenvalue weighted by atomic mass is 10.0. The minimum Gasteiger partial charge on any atom is -0.507 e. The molecule has 0 bridgehead atoms. The topological polar surface area (TPSA) is 77.1 Å². The average Bonchev–Trinajstić information content (AvgIpc) is 3.10. The highest BCUT2D eigenvalue weighted by Gasteiger charge is 2.35. The summed E-state index contributed by atoms with van der Waals surface area (Å²) in [7, 11) is 0.962. The van der Waals surface area contributed by atoms with Crippen molar-refractivity contribution >= 4 is 44.2 Å². The van der Waals surface area contributed by atoms with Gasteiger partial charge in [-0.3, -0.25) is 9.36 Å². The van der Waals surface area contributed by atoms with Crippen LogP contribution in [0.5, 0.6) is 5.75 Å². The van der Waals surface area contributed by atoms with E-state index < -0.39 is 23.1 Å². The van der Waals surface area contributed by atoms with Gasteiger partial charge in [-0.2, -0.15) is 17.5 Å². The third-order valence-corrected chi connectivity index (χ3v) is 6.84. The molecular formula is C20H13F3IN3O3S. The predicted octanol–water partition coefficient (Wildman–Crippen LogP) is 4.45. The molecule has 160 valence electrons. The molecule has 31 heavy (non-hydrogen) atoms. The van der Waals surface area contributed by atoms with E-state index in [2.05, 4.69) is 27.0 Å². The fraction of sp³-hybridized carbons (Fsp3) is 0.150. The van der Waals surface area contributed by atoms with Crippen molar-refractivity contribution in [2.24, 2.45) is 7.05 Å². The molecule has 0 amide bonds. The molecule has 4 rings (SSSR count). The second-order valence-electron chi connectivity index (χ2n) is 6.87. The van der Waals surface area contributed by atoms with E-state index in [1.54, 1.807) is 18.2 Å². The van der Waals surface area contributed by atoms with Crippen LogP contribution in [0.4, 0.5) is 13.2 Å². The highest BCUT2D eigenvalue weighted by atomic mass is 127. The van der Waals surface area contributed by atoms with Crippen molar-refractivity contribution in [1.82, 2.24) is 13.5 Å². The van der Waals surface area contributed by atoms with E-state index in [1.807, 2.05) is 6.92 Å². The van der Waals surface area contributed by atoms with Crippen molar-refractivity contribution < 1.29 is 18.3 Å². The Balaban J connectivity index is 1.96. The second kappa shape index (κ2) is 7.48. The first-order valence-electron chi connectivity index (χ1n) is 8.78. The Kier molecular flexibility index (Phi) is 5.20. The Labute approximate surface area is 190 Å². The summed E-state index contributed by atoms with van der Waals surface area (Å²) in [5.74, 6) is 0.0260. The quantitative estimate of drug-likeness (QED) is 0.369. The van der Waals surface area contributed by atoms with Gasteiger partial charge in [0.05, 0.1) is 16.1 Å². The number of fused-ring (bicyclic) bond motifs is 1. The molecule has 0 radical (unpaired) electrons. The number of hydrogen-bond donors (Lipinski definition) is 1. The maximum Gasteiger partial charge on any atom is 0.431 e. The minimum absolute atomic E-state index is 0.0260. The number of alkyl halides is 3. The zero-order valence-electron chi connectivity index (χ0n) is 16.0. The summed E-state index contributed by atoms with van der Waals surface area (Å²) in [6, 6.07) is 8.39. The Morgan fingerprint density at radius 3 is 2.52 bits per heavy atom. The average molecular weight is 559 g/mol. The minimum atomic E-state index is -4.83. The summed E-state index contributed by atoms with van der Waals surface area (Å²) < 4.78 is 46.4. The summed E-state index contributed by atoms with van der Waals surface area (Å²) >= 11 is 3.30. The van der Waals surface area contributed by atoms with Gasteiger partial charge in [-0.1, -0.05) is 0 Å². The molecule has 1 N–H and O–H groups in total. The summed E-state index contributed by atoms with van der Waals surface area (Å²) in [6.07, 6.45) is -4.83. The molecule has 2 aromatic heterocycles. The number of aromatic nitrogens is 3. The van der Waals surface area contributed by atoms with Gasteiger partial charge in [0, 0.05) is 27.6 Å². The van der Waals surface area contributed by atoms with Gasteiger partial charge in [0.25, 0.3) is 5.56 Å². The van der Waals surface area contributed by atoms with Crippen LogP contribution < -0.4 is 11.2 Å². The van der Waals surface area contributed by atoms with Crippen LogP contribution in [0.25, 0.3) is 27.0 Å². The van der Waals surface area contributed by atoms with Gasteiger partial charge in [-0.15, -0.1) is 0 Å². The van der Waals surface area contributed by atoms with Crippen LogP contribution in [-0.2, 0) is 13.2 Å². The molecule has 2 aromatic carbocycles. The number of halogens is 4. The van der Waals surface area contributed by atoms with E-state index in [9.17, 15) is 27.9 Å². The molecule has 2 heterocycles. The molecular weight excluding hydrogens is 546 g/mol. The van der Waals surface area contributed by atoms with Crippen molar-refractivity contribution in [3.8, 4) is 22.7 Å². The van der Waals surface area contributed by atoms with E-state index in [-0.39, 0.29) is 11.4 Å². The summed E-state index contributed by atoms with van der Waals surface area (Å²) in [5.41, 5.74) is -1.60. The summed E-state index contributed by atoms with van der Waals surface area (Å²) in [4.78, 5) is 25.0. The van der Waals surface area contributed by atoms with Crippen LogP contribution in [-0.4, -0.2) is 18.6 Å². The molecule has 4 aromatic rings. The van der Waals surface area contributed by atoms with Gasteiger partial charge >= 0.3 is 11.9 Å². The molecule has 0 unspecified atom stereocenters. The molecule has 0 saturated carbocycles. The third kappa shape index (κ3) is 3.65. The van der Waals surface area contributed by atoms with E-state index in [0.717, 1.165) is 20.9 Å². The molecule has 0 aliphatic rings. The molecule has 0 aliphatic carbocycles. The second-order valence-corrected chi connectivity index (χ2v) is 8.84. The summed E-state index contributed by atoms with van der Waals surface area (Å²) in [5, 5.41) is 11.0. The van der Waals surface area contributed by atoms with Gasteiger partial charge in [0.15, 0.2) is 0 Å². The van der Waals surface area contributed by atoms with Crippen LogP contribution >= 0.6 is 34.1 Å². The first-order chi connectivity index (χ1) is 14.5. The van der Waals surface area contributed by atoms with Crippen molar-refractivity contribution in [3.05, 3.63) is 72.1 Å². The lowest BCUT2D eigenvalue weighted by molar-refractivity contribution is -0.144. The predicted molar refractivity (Wildman–Crippen MR) is 120 cm³/mol. The van der Waals surface area contributed by atoms with Crippen LogP contribution in [0.3, 0.4) is 0 Å². The Morgan fingerprint density at radius 2 is 1.84 bits per heavy atom. The van der Waals surface area contributed by atoms with E-state index in [1.165, 1.54) is 23.7 Å². The first kappa shape index (κ1) is 21.6. The number of phenols is 1. The smallest absolute Gasteiger partial charge is 0.431 e. The molecule has 11 heteroatoms. The standard InChI is InChI=1S/C20H13F3IN3O3S/c1-9-5-14(28)11(7-13(9)24)18-12-6-10(3-4-15(12)31-25-18)27-17(29)8-16(20(21,22)23)26(2)19(27)30/h3-8,28H,1-2H3. The van der Waals surface area contributed by atoms with E-state index in [0.29, 0.717) is 31.8 Å². The number of hydrogen-bond acceptors (Lipinski definition) is 5. The van der Waals surface area contributed by atoms with Crippen molar-refractivity contribution in [3.63, 3.8) is 0 Å². The normalized spacial score (nSPS) is 11.9. The Bertz CT molecular complexity index is 1470. The fourth-order valence-corrected chi connectivity index (χ4v) is 4.49. The number of phenolic OH excluding ortho intramolecular Hbond substituents is 1. The molecule has 0 fully saturated rings. The maximum atomic E-state index is 13.1. The monoisotopic (exact) mass is 559 g/mol.